The van der Waals surface area contributed by atoms with E-state index in [-0.39, 0.29) is 6.04 Å². The van der Waals surface area contributed by atoms with Gasteiger partial charge in [-0.25, -0.2) is 0 Å². The molecule has 1 atom stereocenters. The summed E-state index contributed by atoms with van der Waals surface area (Å²) in [5.74, 6) is 2.86. The van der Waals surface area contributed by atoms with Crippen LogP contribution in [0.2, 0.25) is 0 Å². The molecule has 1 unspecified atom stereocenters. The van der Waals surface area contributed by atoms with E-state index < -0.39 is 0 Å². The van der Waals surface area contributed by atoms with Crippen LogP contribution in [0, 0.1) is 5.92 Å². The molecule has 24 heavy (non-hydrogen) atoms. The van der Waals surface area contributed by atoms with Gasteiger partial charge in [0, 0.05) is 18.2 Å². The van der Waals surface area contributed by atoms with Crippen molar-refractivity contribution in [3.8, 4) is 17.2 Å². The predicted octanol–water partition coefficient (Wildman–Crippen LogP) is 4.20. The van der Waals surface area contributed by atoms with Crippen LogP contribution in [0.25, 0.3) is 0 Å². The highest BCUT2D eigenvalue weighted by Crippen LogP contribution is 2.31. The van der Waals surface area contributed by atoms with Crippen molar-refractivity contribution in [2.75, 3.05) is 21.3 Å². The van der Waals surface area contributed by atoms with Crippen LogP contribution in [-0.2, 0) is 6.54 Å². The molecule has 130 valence electrons. The third kappa shape index (κ3) is 4.20. The number of rotatable bonds is 8. The number of para-hydroxylation sites is 1. The van der Waals surface area contributed by atoms with Gasteiger partial charge >= 0.3 is 0 Å². The number of benzene rings is 2. The molecule has 4 heteroatoms. The quantitative estimate of drug-likeness (QED) is 0.788. The monoisotopic (exact) mass is 329 g/mol. The summed E-state index contributed by atoms with van der Waals surface area (Å²) in [6.07, 6.45) is 0. The minimum atomic E-state index is 0.242. The first kappa shape index (κ1) is 18.1. The summed E-state index contributed by atoms with van der Waals surface area (Å²) in [7, 11) is 5.01. The van der Waals surface area contributed by atoms with Crippen molar-refractivity contribution in [1.82, 2.24) is 5.32 Å². The molecule has 0 aliphatic heterocycles. The van der Waals surface area contributed by atoms with E-state index >= 15 is 0 Å². The first-order chi connectivity index (χ1) is 11.6. The standard InChI is InChI=1S/C20H27NO3/c1-14(2)19(15-9-11-17(22-3)12-10-15)21-13-16-7-6-8-18(23-4)20(16)24-5/h6-12,14,19,21H,13H2,1-5H3. The molecule has 0 aromatic heterocycles. The molecule has 0 bridgehead atoms. The number of ether oxygens (including phenoxy) is 3. The molecule has 2 aromatic carbocycles. The average molecular weight is 329 g/mol. The summed E-state index contributed by atoms with van der Waals surface area (Å²) in [6.45, 7) is 5.13. The van der Waals surface area contributed by atoms with Crippen LogP contribution in [-0.4, -0.2) is 21.3 Å². The van der Waals surface area contributed by atoms with Gasteiger partial charge in [-0.3, -0.25) is 0 Å². The van der Waals surface area contributed by atoms with Gasteiger partial charge in [0.05, 0.1) is 21.3 Å². The number of nitrogens with one attached hydrogen (secondary N) is 1. The number of hydrogen-bond acceptors (Lipinski definition) is 4. The Labute approximate surface area is 144 Å². The van der Waals surface area contributed by atoms with Gasteiger partial charge in [0.25, 0.3) is 0 Å². The third-order valence-corrected chi connectivity index (χ3v) is 4.14. The van der Waals surface area contributed by atoms with Crippen molar-refractivity contribution in [3.63, 3.8) is 0 Å². The first-order valence-electron chi connectivity index (χ1n) is 8.17. The fraction of sp³-hybridized carbons (Fsp3) is 0.400. The highest BCUT2D eigenvalue weighted by Gasteiger charge is 2.17. The Balaban J connectivity index is 2.17. The molecule has 1 N–H and O–H groups in total. The van der Waals surface area contributed by atoms with Crippen molar-refractivity contribution in [3.05, 3.63) is 53.6 Å². The lowest BCUT2D eigenvalue weighted by molar-refractivity contribution is 0.347. The maximum absolute atomic E-state index is 5.51. The van der Waals surface area contributed by atoms with Crippen LogP contribution in [0.5, 0.6) is 17.2 Å². The molecular formula is C20H27NO3. The summed E-state index contributed by atoms with van der Waals surface area (Å²) < 4.78 is 16.1. The SMILES string of the molecule is COc1ccc(C(NCc2cccc(OC)c2OC)C(C)C)cc1. The second kappa shape index (κ2) is 8.60. The van der Waals surface area contributed by atoms with Crippen LogP contribution in [0.3, 0.4) is 0 Å². The van der Waals surface area contributed by atoms with Crippen LogP contribution >= 0.6 is 0 Å². The Morgan fingerprint density at radius 1 is 0.875 bits per heavy atom. The van der Waals surface area contributed by atoms with Crippen molar-refractivity contribution in [2.24, 2.45) is 5.92 Å². The van der Waals surface area contributed by atoms with Crippen LogP contribution in [0.4, 0.5) is 0 Å². The van der Waals surface area contributed by atoms with Gasteiger partial charge < -0.3 is 19.5 Å². The van der Waals surface area contributed by atoms with E-state index in [2.05, 4.69) is 37.4 Å². The minimum Gasteiger partial charge on any atom is -0.497 e. The van der Waals surface area contributed by atoms with Gasteiger partial charge in [-0.1, -0.05) is 38.1 Å². The predicted molar refractivity (Wildman–Crippen MR) is 97.0 cm³/mol. The molecule has 0 spiro atoms. The number of methoxy groups -OCH3 is 3. The zero-order valence-corrected chi connectivity index (χ0v) is 15.1. The van der Waals surface area contributed by atoms with Gasteiger partial charge in [-0.15, -0.1) is 0 Å². The molecule has 4 nitrogen and oxygen atoms in total. The van der Waals surface area contributed by atoms with E-state index in [1.807, 2.05) is 24.3 Å². The average Bonchev–Trinajstić information content (AvgIpc) is 2.61. The molecule has 0 aliphatic rings. The summed E-state index contributed by atoms with van der Waals surface area (Å²) in [5.41, 5.74) is 2.32. The maximum Gasteiger partial charge on any atom is 0.165 e. The summed E-state index contributed by atoms with van der Waals surface area (Å²) in [4.78, 5) is 0. The van der Waals surface area contributed by atoms with Gasteiger partial charge in [0.15, 0.2) is 11.5 Å². The Morgan fingerprint density at radius 2 is 1.58 bits per heavy atom. The minimum absolute atomic E-state index is 0.242. The van der Waals surface area contributed by atoms with E-state index in [1.54, 1.807) is 21.3 Å². The molecule has 0 aliphatic carbocycles. The molecule has 0 amide bonds. The maximum atomic E-state index is 5.51. The fourth-order valence-corrected chi connectivity index (χ4v) is 2.86. The summed E-state index contributed by atoms with van der Waals surface area (Å²) >= 11 is 0. The highest BCUT2D eigenvalue weighted by atomic mass is 16.5. The Morgan fingerprint density at radius 3 is 2.12 bits per heavy atom. The van der Waals surface area contributed by atoms with Crippen LogP contribution < -0.4 is 19.5 Å². The molecule has 0 fully saturated rings. The van der Waals surface area contributed by atoms with Gasteiger partial charge in [0.2, 0.25) is 0 Å². The molecule has 0 radical (unpaired) electrons. The Hall–Kier alpha value is -2.20. The van der Waals surface area contributed by atoms with Gasteiger partial charge in [-0.05, 0) is 29.7 Å². The van der Waals surface area contributed by atoms with Crippen molar-refractivity contribution in [2.45, 2.75) is 26.4 Å². The van der Waals surface area contributed by atoms with Gasteiger partial charge in [0.1, 0.15) is 5.75 Å². The fourth-order valence-electron chi connectivity index (χ4n) is 2.86. The summed E-state index contributed by atoms with van der Waals surface area (Å²) in [6, 6.07) is 14.4. The van der Waals surface area contributed by atoms with Crippen LogP contribution in [0.1, 0.15) is 31.0 Å². The number of hydrogen-bond donors (Lipinski definition) is 1. The Kier molecular flexibility index (Phi) is 6.50. The second-order valence-corrected chi connectivity index (χ2v) is 6.03. The lowest BCUT2D eigenvalue weighted by Gasteiger charge is -2.24. The first-order valence-corrected chi connectivity index (χ1v) is 8.17. The lowest BCUT2D eigenvalue weighted by atomic mass is 9.95. The van der Waals surface area contributed by atoms with E-state index in [0.29, 0.717) is 12.5 Å². The van der Waals surface area contributed by atoms with Crippen molar-refractivity contribution < 1.29 is 14.2 Å². The largest absolute Gasteiger partial charge is 0.497 e. The van der Waals surface area contributed by atoms with E-state index in [0.717, 1.165) is 22.8 Å². The zero-order valence-electron chi connectivity index (χ0n) is 15.1. The van der Waals surface area contributed by atoms with Gasteiger partial charge in [-0.2, -0.15) is 0 Å². The van der Waals surface area contributed by atoms with E-state index in [1.165, 1.54) is 5.56 Å². The second-order valence-electron chi connectivity index (χ2n) is 6.03. The van der Waals surface area contributed by atoms with Crippen molar-refractivity contribution in [1.29, 1.82) is 0 Å². The summed E-state index contributed by atoms with van der Waals surface area (Å²) in [5, 5.41) is 3.64. The molecule has 2 aromatic rings. The molecule has 0 saturated heterocycles. The van der Waals surface area contributed by atoms with Crippen molar-refractivity contribution >= 4 is 0 Å². The smallest absolute Gasteiger partial charge is 0.165 e. The van der Waals surface area contributed by atoms with E-state index in [9.17, 15) is 0 Å². The molecule has 2 rings (SSSR count). The molecule has 0 saturated carbocycles. The zero-order chi connectivity index (χ0) is 17.5. The molecular weight excluding hydrogens is 302 g/mol. The Bertz CT molecular complexity index is 638. The lowest BCUT2D eigenvalue weighted by Crippen LogP contribution is -2.25. The topological polar surface area (TPSA) is 39.7 Å². The normalized spacial score (nSPS) is 12.1. The highest BCUT2D eigenvalue weighted by molar-refractivity contribution is 5.46. The van der Waals surface area contributed by atoms with E-state index in [4.69, 9.17) is 14.2 Å². The van der Waals surface area contributed by atoms with Crippen LogP contribution in [0.15, 0.2) is 42.5 Å². The third-order valence-electron chi connectivity index (χ3n) is 4.14. The molecule has 0 heterocycles.